The van der Waals surface area contributed by atoms with Gasteiger partial charge in [-0.3, -0.25) is 0 Å². The van der Waals surface area contributed by atoms with E-state index in [1.54, 1.807) is 12.1 Å². The number of rotatable bonds is 2. The molecule has 0 spiro atoms. The first-order chi connectivity index (χ1) is 7.14. The Kier molecular flexibility index (Phi) is 2.36. The van der Waals surface area contributed by atoms with Crippen molar-refractivity contribution in [2.75, 3.05) is 5.32 Å². The van der Waals surface area contributed by atoms with Crippen LogP contribution >= 0.6 is 0 Å². The van der Waals surface area contributed by atoms with E-state index in [0.717, 1.165) is 12.8 Å². The molecule has 2 nitrogen and oxygen atoms in total. The number of nitrogens with one attached hydrogen (secondary N) is 1. The molecule has 1 saturated carbocycles. The average Bonchev–Trinajstić information content (AvgIpc) is 2.16. The molecule has 0 atom stereocenters. The van der Waals surface area contributed by atoms with Crippen LogP contribution in [0.4, 0.5) is 10.1 Å². The lowest BCUT2D eigenvalue weighted by Crippen LogP contribution is -2.41. The number of benzene rings is 1. The van der Waals surface area contributed by atoms with Gasteiger partial charge in [-0.15, -0.1) is 0 Å². The molecule has 1 aliphatic carbocycles. The molecule has 0 amide bonds. The van der Waals surface area contributed by atoms with E-state index in [0.29, 0.717) is 5.69 Å². The highest BCUT2D eigenvalue weighted by atomic mass is 19.1. The molecule has 15 heavy (non-hydrogen) atoms. The molecule has 0 heterocycles. The van der Waals surface area contributed by atoms with E-state index in [2.05, 4.69) is 12.2 Å². The summed E-state index contributed by atoms with van der Waals surface area (Å²) in [6, 6.07) is 6.59. The smallest absolute Gasteiger partial charge is 0.143 e. The van der Waals surface area contributed by atoms with Gasteiger partial charge in [-0.2, -0.15) is 5.26 Å². The van der Waals surface area contributed by atoms with Gasteiger partial charge < -0.3 is 5.32 Å². The molecule has 0 radical (unpaired) electrons. The van der Waals surface area contributed by atoms with Crippen molar-refractivity contribution in [3.8, 4) is 6.07 Å². The van der Waals surface area contributed by atoms with Crippen LogP contribution in [0.5, 0.6) is 0 Å². The Labute approximate surface area is 88.7 Å². The van der Waals surface area contributed by atoms with Crippen molar-refractivity contribution in [2.45, 2.75) is 31.7 Å². The van der Waals surface area contributed by atoms with Crippen LogP contribution in [-0.4, -0.2) is 5.54 Å². The molecule has 0 saturated heterocycles. The number of hydrogen-bond donors (Lipinski definition) is 1. The second kappa shape index (κ2) is 3.54. The number of hydrogen-bond acceptors (Lipinski definition) is 2. The summed E-state index contributed by atoms with van der Waals surface area (Å²) in [6.07, 6.45) is 3.35. The number of nitrogens with zero attached hydrogens (tertiary/aromatic N) is 1. The van der Waals surface area contributed by atoms with Crippen LogP contribution in [0.15, 0.2) is 18.2 Å². The first kappa shape index (κ1) is 9.97. The Morgan fingerprint density at radius 2 is 2.20 bits per heavy atom. The average molecular weight is 204 g/mol. The largest absolute Gasteiger partial charge is 0.379 e. The molecular weight excluding hydrogens is 191 g/mol. The number of halogens is 1. The number of nitriles is 1. The first-order valence-corrected chi connectivity index (χ1v) is 5.11. The van der Waals surface area contributed by atoms with Gasteiger partial charge in [-0.25, -0.2) is 4.39 Å². The Balaban J connectivity index is 2.28. The first-order valence-electron chi connectivity index (χ1n) is 5.11. The Morgan fingerprint density at radius 1 is 1.47 bits per heavy atom. The summed E-state index contributed by atoms with van der Waals surface area (Å²) < 4.78 is 13.3. The third-order valence-electron chi connectivity index (χ3n) is 3.02. The maximum atomic E-state index is 13.3. The molecule has 3 heteroatoms. The molecule has 1 aromatic rings. The Bertz CT molecular complexity index is 416. The summed E-state index contributed by atoms with van der Waals surface area (Å²) >= 11 is 0. The van der Waals surface area contributed by atoms with Crippen molar-refractivity contribution < 1.29 is 4.39 Å². The minimum Gasteiger partial charge on any atom is -0.379 e. The highest BCUT2D eigenvalue weighted by Gasteiger charge is 2.32. The fourth-order valence-electron chi connectivity index (χ4n) is 1.90. The van der Waals surface area contributed by atoms with E-state index in [9.17, 15) is 4.39 Å². The van der Waals surface area contributed by atoms with Gasteiger partial charge in [0.2, 0.25) is 0 Å². The zero-order valence-corrected chi connectivity index (χ0v) is 8.68. The molecule has 1 N–H and O–H groups in total. The molecule has 2 rings (SSSR count). The van der Waals surface area contributed by atoms with E-state index in [1.807, 2.05) is 6.07 Å². The summed E-state index contributed by atoms with van der Waals surface area (Å²) in [6.45, 7) is 2.10. The fraction of sp³-hybridized carbons (Fsp3) is 0.417. The molecular formula is C12H13FN2. The summed E-state index contributed by atoms with van der Waals surface area (Å²) in [4.78, 5) is 0. The minimum atomic E-state index is -0.453. The SMILES string of the molecule is CC1(Nc2cccc(F)c2C#N)CCC1. The van der Waals surface area contributed by atoms with Gasteiger partial charge in [0.25, 0.3) is 0 Å². The van der Waals surface area contributed by atoms with E-state index < -0.39 is 5.82 Å². The second-order valence-electron chi connectivity index (χ2n) is 4.31. The van der Waals surface area contributed by atoms with Crippen LogP contribution in [-0.2, 0) is 0 Å². The fourth-order valence-corrected chi connectivity index (χ4v) is 1.90. The standard InChI is InChI=1S/C12H13FN2/c1-12(6-3-7-12)15-11-5-2-4-10(13)9(11)8-14/h2,4-5,15H,3,6-7H2,1H3. The lowest BCUT2D eigenvalue weighted by molar-refractivity contribution is 0.306. The topological polar surface area (TPSA) is 35.8 Å². The van der Waals surface area contributed by atoms with Gasteiger partial charge in [-0.05, 0) is 38.3 Å². The molecule has 1 aromatic carbocycles. The summed E-state index contributed by atoms with van der Waals surface area (Å²) in [5.41, 5.74) is 0.768. The van der Waals surface area contributed by atoms with Crippen LogP contribution in [0.3, 0.4) is 0 Å². The van der Waals surface area contributed by atoms with Gasteiger partial charge in [0, 0.05) is 5.54 Å². The highest BCUT2D eigenvalue weighted by molar-refractivity contribution is 5.59. The van der Waals surface area contributed by atoms with Crippen LogP contribution in [0.1, 0.15) is 31.7 Å². The number of anilines is 1. The third kappa shape index (κ3) is 1.80. The van der Waals surface area contributed by atoms with Crippen LogP contribution in [0, 0.1) is 17.1 Å². The van der Waals surface area contributed by atoms with Crippen molar-refractivity contribution in [2.24, 2.45) is 0 Å². The van der Waals surface area contributed by atoms with Crippen LogP contribution in [0.2, 0.25) is 0 Å². The zero-order valence-electron chi connectivity index (χ0n) is 8.68. The summed E-state index contributed by atoms with van der Waals surface area (Å²) in [5, 5.41) is 12.1. The van der Waals surface area contributed by atoms with E-state index in [1.165, 1.54) is 12.5 Å². The molecule has 0 aliphatic heterocycles. The van der Waals surface area contributed by atoms with Crippen molar-refractivity contribution in [3.05, 3.63) is 29.6 Å². The Hall–Kier alpha value is -1.56. The van der Waals surface area contributed by atoms with Gasteiger partial charge in [0.15, 0.2) is 0 Å². The lowest BCUT2D eigenvalue weighted by Gasteiger charge is -2.40. The molecule has 0 bridgehead atoms. The highest BCUT2D eigenvalue weighted by Crippen LogP contribution is 2.35. The van der Waals surface area contributed by atoms with E-state index in [4.69, 9.17) is 5.26 Å². The molecule has 1 aliphatic rings. The van der Waals surface area contributed by atoms with Crippen LogP contribution in [0.25, 0.3) is 0 Å². The van der Waals surface area contributed by atoms with Crippen molar-refractivity contribution in [3.63, 3.8) is 0 Å². The second-order valence-corrected chi connectivity index (χ2v) is 4.31. The van der Waals surface area contributed by atoms with Crippen molar-refractivity contribution >= 4 is 5.69 Å². The third-order valence-corrected chi connectivity index (χ3v) is 3.02. The van der Waals surface area contributed by atoms with E-state index >= 15 is 0 Å². The molecule has 0 unspecified atom stereocenters. The predicted octanol–water partition coefficient (Wildman–Crippen LogP) is 3.05. The summed E-state index contributed by atoms with van der Waals surface area (Å²) in [7, 11) is 0. The summed E-state index contributed by atoms with van der Waals surface area (Å²) in [5.74, 6) is -0.453. The van der Waals surface area contributed by atoms with Crippen molar-refractivity contribution in [1.82, 2.24) is 0 Å². The zero-order chi connectivity index (χ0) is 10.9. The van der Waals surface area contributed by atoms with E-state index in [-0.39, 0.29) is 11.1 Å². The normalized spacial score (nSPS) is 17.7. The maximum Gasteiger partial charge on any atom is 0.143 e. The Morgan fingerprint density at radius 3 is 2.73 bits per heavy atom. The predicted molar refractivity (Wildman–Crippen MR) is 57.0 cm³/mol. The van der Waals surface area contributed by atoms with Gasteiger partial charge >= 0.3 is 0 Å². The lowest BCUT2D eigenvalue weighted by atomic mass is 9.78. The maximum absolute atomic E-state index is 13.3. The molecule has 0 aromatic heterocycles. The van der Waals surface area contributed by atoms with Crippen LogP contribution < -0.4 is 5.32 Å². The molecule has 78 valence electrons. The van der Waals surface area contributed by atoms with Gasteiger partial charge in [0.05, 0.1) is 5.69 Å². The monoisotopic (exact) mass is 204 g/mol. The quantitative estimate of drug-likeness (QED) is 0.803. The molecule has 1 fully saturated rings. The van der Waals surface area contributed by atoms with Crippen molar-refractivity contribution in [1.29, 1.82) is 5.26 Å². The minimum absolute atomic E-state index is 0.0411. The van der Waals surface area contributed by atoms with Gasteiger partial charge in [-0.1, -0.05) is 6.07 Å². The van der Waals surface area contributed by atoms with Gasteiger partial charge in [0.1, 0.15) is 17.4 Å².